The predicted molar refractivity (Wildman–Crippen MR) is 53.4 cm³/mol. The van der Waals surface area contributed by atoms with Gasteiger partial charge in [0, 0.05) is 10.3 Å². The summed E-state index contributed by atoms with van der Waals surface area (Å²) in [5.41, 5.74) is 0. The van der Waals surface area contributed by atoms with Crippen LogP contribution in [0.25, 0.3) is 0 Å². The summed E-state index contributed by atoms with van der Waals surface area (Å²) < 4.78 is 6.55. The van der Waals surface area contributed by atoms with Crippen molar-refractivity contribution in [3.8, 4) is 0 Å². The molecule has 0 aliphatic rings. The van der Waals surface area contributed by atoms with E-state index in [0.717, 1.165) is 4.43 Å². The third-order valence-corrected chi connectivity index (χ3v) is 3.06. The van der Waals surface area contributed by atoms with Crippen molar-refractivity contribution in [3.63, 3.8) is 0 Å². The average molecular weight is 279 g/mol. The first-order chi connectivity index (χ1) is 4.20. The van der Waals surface area contributed by atoms with Gasteiger partial charge in [0.05, 0.1) is 6.10 Å². The van der Waals surface area contributed by atoms with Gasteiger partial charge in [0.2, 0.25) is 0 Å². The summed E-state index contributed by atoms with van der Waals surface area (Å²) in [7, 11) is -0.853. The monoisotopic (exact) mass is 278 g/mol. The topological polar surface area (TPSA) is 9.23 Å². The summed E-state index contributed by atoms with van der Waals surface area (Å²) in [6.45, 7) is 4.32. The van der Waals surface area contributed by atoms with Crippen LogP contribution in [0.2, 0.25) is 13.1 Å². The fraction of sp³-hybridized carbons (Fsp3) is 1.00. The summed E-state index contributed by atoms with van der Waals surface area (Å²) in [5, 5.41) is 0. The Kier molecular flexibility index (Phi) is 6.73. The molecule has 0 bridgehead atoms. The number of halogens is 2. The molecular formula is C5H12ClIOSi. The highest BCUT2D eigenvalue weighted by Crippen LogP contribution is 2.01. The molecule has 0 saturated heterocycles. The SMILES string of the molecule is C[SiH](C)OC(CCl)CI. The first-order valence-electron chi connectivity index (χ1n) is 2.98. The van der Waals surface area contributed by atoms with Crippen molar-refractivity contribution >= 4 is 43.2 Å². The van der Waals surface area contributed by atoms with Gasteiger partial charge in [0.1, 0.15) is 0 Å². The van der Waals surface area contributed by atoms with Gasteiger partial charge in [-0.1, -0.05) is 22.6 Å². The van der Waals surface area contributed by atoms with Crippen LogP contribution in [0.4, 0.5) is 0 Å². The molecule has 1 atom stereocenters. The van der Waals surface area contributed by atoms with E-state index in [1.54, 1.807) is 0 Å². The lowest BCUT2D eigenvalue weighted by atomic mass is 10.5. The zero-order valence-corrected chi connectivity index (χ0v) is 9.80. The van der Waals surface area contributed by atoms with E-state index >= 15 is 0 Å². The van der Waals surface area contributed by atoms with E-state index in [2.05, 4.69) is 35.7 Å². The maximum atomic E-state index is 5.60. The fourth-order valence-electron chi connectivity index (χ4n) is 0.499. The van der Waals surface area contributed by atoms with Crippen LogP contribution in [-0.4, -0.2) is 25.5 Å². The normalized spacial score (nSPS) is 14.3. The number of alkyl halides is 2. The smallest absolute Gasteiger partial charge is 0.171 e. The molecule has 0 N–H and O–H groups in total. The molecule has 0 heterocycles. The average Bonchev–Trinajstić information content (AvgIpc) is 1.82. The molecule has 56 valence electrons. The molecule has 0 aromatic rings. The van der Waals surface area contributed by atoms with E-state index in [9.17, 15) is 0 Å². The zero-order valence-electron chi connectivity index (χ0n) is 5.73. The van der Waals surface area contributed by atoms with Crippen LogP contribution in [0, 0.1) is 0 Å². The maximum absolute atomic E-state index is 5.60. The second kappa shape index (κ2) is 5.94. The molecule has 0 aromatic carbocycles. The van der Waals surface area contributed by atoms with Gasteiger partial charge in [-0.2, -0.15) is 0 Å². The van der Waals surface area contributed by atoms with Crippen molar-refractivity contribution in [1.29, 1.82) is 0 Å². The molecule has 0 aliphatic heterocycles. The number of hydrogen-bond donors (Lipinski definition) is 0. The quantitative estimate of drug-likeness (QED) is 0.434. The van der Waals surface area contributed by atoms with Crippen molar-refractivity contribution in [2.45, 2.75) is 19.2 Å². The van der Waals surface area contributed by atoms with Crippen molar-refractivity contribution in [1.82, 2.24) is 0 Å². The van der Waals surface area contributed by atoms with Gasteiger partial charge in [0.25, 0.3) is 0 Å². The minimum atomic E-state index is -0.853. The van der Waals surface area contributed by atoms with Gasteiger partial charge in [0.15, 0.2) is 9.04 Å². The molecule has 0 rings (SSSR count). The summed E-state index contributed by atoms with van der Waals surface area (Å²) in [4.78, 5) is 0. The molecule has 4 heteroatoms. The summed E-state index contributed by atoms with van der Waals surface area (Å²) >= 11 is 7.90. The van der Waals surface area contributed by atoms with Crippen molar-refractivity contribution < 1.29 is 4.43 Å². The Labute approximate surface area is 77.0 Å². The first-order valence-corrected chi connectivity index (χ1v) is 7.82. The van der Waals surface area contributed by atoms with Crippen LogP contribution in [0.15, 0.2) is 0 Å². The molecule has 0 fully saturated rings. The lowest BCUT2D eigenvalue weighted by Crippen LogP contribution is -2.23. The second-order valence-corrected chi connectivity index (χ2v) is 5.67. The largest absolute Gasteiger partial charge is 0.416 e. The van der Waals surface area contributed by atoms with E-state index in [-0.39, 0.29) is 0 Å². The molecular weight excluding hydrogens is 266 g/mol. The van der Waals surface area contributed by atoms with Crippen LogP contribution in [-0.2, 0) is 4.43 Å². The highest BCUT2D eigenvalue weighted by molar-refractivity contribution is 14.1. The fourth-order valence-corrected chi connectivity index (χ4v) is 3.04. The lowest BCUT2D eigenvalue weighted by Gasteiger charge is -2.14. The van der Waals surface area contributed by atoms with Crippen molar-refractivity contribution in [2.75, 3.05) is 10.3 Å². The Morgan fingerprint density at radius 3 is 2.33 bits per heavy atom. The van der Waals surface area contributed by atoms with Gasteiger partial charge in [-0.25, -0.2) is 0 Å². The minimum absolute atomic E-state index is 0.291. The van der Waals surface area contributed by atoms with Gasteiger partial charge < -0.3 is 4.43 Å². The van der Waals surface area contributed by atoms with Gasteiger partial charge in [-0.05, 0) is 13.1 Å². The Balaban J connectivity index is 3.31. The van der Waals surface area contributed by atoms with Crippen molar-refractivity contribution in [2.24, 2.45) is 0 Å². The molecule has 0 aromatic heterocycles. The number of rotatable bonds is 4. The van der Waals surface area contributed by atoms with Crippen LogP contribution in [0.3, 0.4) is 0 Å². The summed E-state index contributed by atoms with van der Waals surface area (Å²) in [6.07, 6.45) is 0.291. The second-order valence-electron chi connectivity index (χ2n) is 2.12. The van der Waals surface area contributed by atoms with E-state index in [4.69, 9.17) is 16.0 Å². The minimum Gasteiger partial charge on any atom is -0.416 e. The third-order valence-electron chi connectivity index (χ3n) is 0.809. The summed E-state index contributed by atoms with van der Waals surface area (Å²) in [6, 6.07) is 0. The van der Waals surface area contributed by atoms with Crippen LogP contribution >= 0.6 is 34.2 Å². The lowest BCUT2D eigenvalue weighted by molar-refractivity contribution is 0.258. The predicted octanol–water partition coefficient (Wildman–Crippen LogP) is 2.03. The maximum Gasteiger partial charge on any atom is 0.171 e. The summed E-state index contributed by atoms with van der Waals surface area (Å²) in [5.74, 6) is 0.633. The van der Waals surface area contributed by atoms with Gasteiger partial charge in [-0.15, -0.1) is 11.6 Å². The third kappa shape index (κ3) is 5.63. The molecule has 0 aliphatic carbocycles. The molecule has 1 unspecified atom stereocenters. The Morgan fingerprint density at radius 2 is 2.22 bits per heavy atom. The van der Waals surface area contributed by atoms with E-state index in [1.807, 2.05) is 0 Å². The van der Waals surface area contributed by atoms with Crippen LogP contribution in [0.5, 0.6) is 0 Å². The standard InChI is InChI=1S/C5H12ClIOSi/c1-9(2)8-5(3-6)4-7/h5,9H,3-4H2,1-2H3. The molecule has 9 heavy (non-hydrogen) atoms. The Morgan fingerprint density at radius 1 is 1.67 bits per heavy atom. The molecule has 0 radical (unpaired) electrons. The Bertz CT molecular complexity index is 68.0. The molecule has 0 saturated carbocycles. The highest BCUT2D eigenvalue weighted by Gasteiger charge is 2.06. The first kappa shape index (κ1) is 10.2. The molecule has 0 amide bonds. The Hall–Kier alpha value is 1.20. The van der Waals surface area contributed by atoms with Crippen LogP contribution in [0.1, 0.15) is 0 Å². The number of hydrogen-bond acceptors (Lipinski definition) is 1. The zero-order chi connectivity index (χ0) is 7.28. The molecule has 0 spiro atoms. The van der Waals surface area contributed by atoms with Gasteiger partial charge in [-0.3, -0.25) is 0 Å². The highest BCUT2D eigenvalue weighted by atomic mass is 127. The van der Waals surface area contributed by atoms with Gasteiger partial charge >= 0.3 is 0 Å². The van der Waals surface area contributed by atoms with E-state index in [1.165, 1.54) is 0 Å². The van der Waals surface area contributed by atoms with E-state index < -0.39 is 9.04 Å². The van der Waals surface area contributed by atoms with E-state index in [0.29, 0.717) is 12.0 Å². The molecule has 1 nitrogen and oxygen atoms in total. The van der Waals surface area contributed by atoms with Crippen LogP contribution < -0.4 is 0 Å². The van der Waals surface area contributed by atoms with Crippen molar-refractivity contribution in [3.05, 3.63) is 0 Å².